The Labute approximate surface area is 166 Å². The Bertz CT molecular complexity index is 747. The molecule has 0 bridgehead atoms. The van der Waals surface area contributed by atoms with Gasteiger partial charge in [-0.3, -0.25) is 14.6 Å². The molecule has 1 saturated heterocycles. The molecule has 6 rings (SSSR count). The Morgan fingerprint density at radius 1 is 0.750 bits per heavy atom. The molecule has 1 aromatic heterocycles. The van der Waals surface area contributed by atoms with Crippen molar-refractivity contribution >= 4 is 11.6 Å². The Balaban J connectivity index is 1.47. The van der Waals surface area contributed by atoms with Gasteiger partial charge in [0.1, 0.15) is 11.6 Å². The lowest BCUT2D eigenvalue weighted by Gasteiger charge is -2.45. The van der Waals surface area contributed by atoms with E-state index in [-0.39, 0.29) is 41.7 Å². The Morgan fingerprint density at radius 2 is 1.32 bits per heavy atom. The van der Waals surface area contributed by atoms with Crippen LogP contribution in [0.4, 0.5) is 0 Å². The number of Topliss-reactive ketones (excluding diaryl/α,β-unsaturated/α-hetero) is 2. The molecule has 28 heavy (non-hydrogen) atoms. The van der Waals surface area contributed by atoms with Crippen LogP contribution in [0.2, 0.25) is 0 Å². The number of hydrogen-bond donors (Lipinski definition) is 1. The summed E-state index contributed by atoms with van der Waals surface area (Å²) < 4.78 is 0. The third-order valence-corrected chi connectivity index (χ3v) is 8.91. The predicted octanol–water partition coefficient (Wildman–Crippen LogP) is 3.52. The van der Waals surface area contributed by atoms with Crippen molar-refractivity contribution in [2.45, 2.75) is 69.4 Å². The number of pyridine rings is 1. The molecule has 0 spiro atoms. The summed E-state index contributed by atoms with van der Waals surface area (Å²) in [6.45, 7) is 0. The number of hydrogen-bond acceptors (Lipinski definition) is 4. The van der Waals surface area contributed by atoms with E-state index in [0.717, 1.165) is 18.5 Å². The van der Waals surface area contributed by atoms with E-state index in [0.29, 0.717) is 23.4 Å². The first kappa shape index (κ1) is 17.3. The van der Waals surface area contributed by atoms with Crippen LogP contribution in [-0.4, -0.2) is 28.6 Å². The van der Waals surface area contributed by atoms with Crippen molar-refractivity contribution in [2.75, 3.05) is 0 Å². The van der Waals surface area contributed by atoms with Crippen molar-refractivity contribution < 1.29 is 9.59 Å². The number of piperidine rings is 1. The second-order valence-corrected chi connectivity index (χ2v) is 9.96. The predicted molar refractivity (Wildman–Crippen MR) is 106 cm³/mol. The van der Waals surface area contributed by atoms with Crippen molar-refractivity contribution in [3.63, 3.8) is 0 Å². The SMILES string of the molecule is O=C1C2CCCCC2C2NC3C4CCCCC4C(=O)C3C(c3ccccn3)C12. The van der Waals surface area contributed by atoms with Crippen LogP contribution in [0.15, 0.2) is 24.4 Å². The highest BCUT2D eigenvalue weighted by molar-refractivity contribution is 5.93. The minimum Gasteiger partial charge on any atom is -0.309 e. The van der Waals surface area contributed by atoms with Crippen LogP contribution in [0.3, 0.4) is 0 Å². The lowest BCUT2D eigenvalue weighted by atomic mass is 9.68. The average molecular weight is 379 g/mol. The highest BCUT2D eigenvalue weighted by Crippen LogP contribution is 2.57. The number of rotatable bonds is 1. The number of carbonyl (C=O) groups excluding carboxylic acids is 2. The Morgan fingerprint density at radius 3 is 1.86 bits per heavy atom. The fraction of sp³-hybridized carbons (Fsp3) is 0.708. The minimum atomic E-state index is -0.0617. The van der Waals surface area contributed by atoms with Crippen LogP contribution < -0.4 is 5.32 Å². The second-order valence-electron chi connectivity index (χ2n) is 9.96. The Hall–Kier alpha value is -1.55. The third kappa shape index (κ3) is 2.30. The van der Waals surface area contributed by atoms with Gasteiger partial charge in [-0.25, -0.2) is 0 Å². The summed E-state index contributed by atoms with van der Waals surface area (Å²) in [5.41, 5.74) is 0.980. The Kier molecular flexibility index (Phi) is 4.01. The van der Waals surface area contributed by atoms with Crippen LogP contribution in [0.5, 0.6) is 0 Å². The first-order valence-corrected chi connectivity index (χ1v) is 11.5. The van der Waals surface area contributed by atoms with Crippen LogP contribution in [0, 0.1) is 35.5 Å². The van der Waals surface area contributed by atoms with Gasteiger partial charge in [0.15, 0.2) is 0 Å². The van der Waals surface area contributed by atoms with Gasteiger partial charge in [0.25, 0.3) is 0 Å². The number of carbonyl (C=O) groups is 2. The molecule has 4 nitrogen and oxygen atoms in total. The van der Waals surface area contributed by atoms with E-state index in [1.54, 1.807) is 0 Å². The molecule has 8 unspecified atom stereocenters. The van der Waals surface area contributed by atoms with E-state index in [2.05, 4.69) is 11.4 Å². The summed E-state index contributed by atoms with van der Waals surface area (Å²) in [4.78, 5) is 31.9. The molecule has 4 aliphatic carbocycles. The molecule has 5 aliphatic rings. The third-order valence-electron chi connectivity index (χ3n) is 8.91. The fourth-order valence-corrected chi connectivity index (χ4v) is 7.91. The van der Waals surface area contributed by atoms with Gasteiger partial charge in [0.2, 0.25) is 0 Å². The van der Waals surface area contributed by atoms with E-state index < -0.39 is 0 Å². The van der Waals surface area contributed by atoms with Crippen LogP contribution in [-0.2, 0) is 9.59 Å². The average Bonchev–Trinajstić information content (AvgIpc) is 3.20. The van der Waals surface area contributed by atoms with E-state index in [4.69, 9.17) is 4.98 Å². The van der Waals surface area contributed by atoms with Crippen molar-refractivity contribution in [2.24, 2.45) is 35.5 Å². The minimum absolute atomic E-state index is 0.0198. The summed E-state index contributed by atoms with van der Waals surface area (Å²) in [7, 11) is 0. The first-order valence-electron chi connectivity index (χ1n) is 11.5. The van der Waals surface area contributed by atoms with Crippen molar-refractivity contribution in [3.8, 4) is 0 Å². The molecule has 0 aromatic carbocycles. The molecule has 8 atom stereocenters. The molecule has 1 aromatic rings. The van der Waals surface area contributed by atoms with E-state index >= 15 is 0 Å². The molecule has 5 fully saturated rings. The van der Waals surface area contributed by atoms with Crippen molar-refractivity contribution in [1.29, 1.82) is 0 Å². The normalized spacial score (nSPS) is 47.2. The van der Waals surface area contributed by atoms with Gasteiger partial charge >= 0.3 is 0 Å². The summed E-state index contributed by atoms with van der Waals surface area (Å²) >= 11 is 0. The molecular formula is C24H30N2O2. The second kappa shape index (κ2) is 6.48. The van der Waals surface area contributed by atoms with E-state index in [1.807, 2.05) is 18.3 Å². The van der Waals surface area contributed by atoms with Gasteiger partial charge in [0.05, 0.1) is 0 Å². The zero-order valence-electron chi connectivity index (χ0n) is 16.4. The standard InChI is InChI=1S/C24H30N2O2/c27-23-15-9-3-1-7-13(15)21-19(23)18(17-11-5-6-12-25-17)20-22(26-21)14-8-2-4-10-16(14)24(20)28/h5-6,11-16,18-22,26H,1-4,7-10H2. The molecule has 1 aliphatic heterocycles. The van der Waals surface area contributed by atoms with Crippen LogP contribution >= 0.6 is 0 Å². The molecule has 2 heterocycles. The summed E-state index contributed by atoms with van der Waals surface area (Å²) in [5, 5.41) is 3.97. The van der Waals surface area contributed by atoms with Gasteiger partial charge in [-0.1, -0.05) is 31.7 Å². The molecule has 148 valence electrons. The topological polar surface area (TPSA) is 59.1 Å². The maximum atomic E-state index is 13.6. The summed E-state index contributed by atoms with van der Waals surface area (Å²) in [5.74, 6) is 2.07. The summed E-state index contributed by atoms with van der Waals surface area (Å²) in [6.07, 6.45) is 11.1. The number of ketones is 2. The number of nitrogens with one attached hydrogen (secondary N) is 1. The lowest BCUT2D eigenvalue weighted by molar-refractivity contribution is -0.129. The van der Waals surface area contributed by atoms with E-state index in [1.165, 1.54) is 38.5 Å². The van der Waals surface area contributed by atoms with Gasteiger partial charge < -0.3 is 5.32 Å². The molecule has 0 radical (unpaired) electrons. The van der Waals surface area contributed by atoms with Gasteiger partial charge in [0, 0.05) is 53.6 Å². The molecule has 1 N–H and O–H groups in total. The summed E-state index contributed by atoms with van der Waals surface area (Å²) in [6, 6.07) is 6.52. The monoisotopic (exact) mass is 378 g/mol. The smallest absolute Gasteiger partial charge is 0.141 e. The van der Waals surface area contributed by atoms with Crippen molar-refractivity contribution in [1.82, 2.24) is 10.3 Å². The lowest BCUT2D eigenvalue weighted by Crippen LogP contribution is -2.58. The highest BCUT2D eigenvalue weighted by atomic mass is 16.1. The molecule has 4 saturated carbocycles. The number of nitrogens with zero attached hydrogens (tertiary/aromatic N) is 1. The zero-order chi connectivity index (χ0) is 18.8. The fourth-order valence-electron chi connectivity index (χ4n) is 7.91. The molecule has 0 amide bonds. The van der Waals surface area contributed by atoms with Gasteiger partial charge in [-0.05, 0) is 49.7 Å². The van der Waals surface area contributed by atoms with Gasteiger partial charge in [-0.15, -0.1) is 0 Å². The highest BCUT2D eigenvalue weighted by Gasteiger charge is 2.64. The van der Waals surface area contributed by atoms with Crippen molar-refractivity contribution in [3.05, 3.63) is 30.1 Å². The van der Waals surface area contributed by atoms with Gasteiger partial charge in [-0.2, -0.15) is 0 Å². The maximum absolute atomic E-state index is 13.6. The quantitative estimate of drug-likeness (QED) is 0.812. The largest absolute Gasteiger partial charge is 0.309 e. The number of aromatic nitrogens is 1. The van der Waals surface area contributed by atoms with Crippen LogP contribution in [0.25, 0.3) is 0 Å². The first-order chi connectivity index (χ1) is 13.8. The van der Waals surface area contributed by atoms with E-state index in [9.17, 15) is 9.59 Å². The molecule has 4 heteroatoms. The maximum Gasteiger partial charge on any atom is 0.141 e. The molecular weight excluding hydrogens is 348 g/mol. The zero-order valence-corrected chi connectivity index (χ0v) is 16.4. The number of fused-ring (bicyclic) bond motifs is 6. The van der Waals surface area contributed by atoms with Crippen LogP contribution in [0.1, 0.15) is 63.0 Å².